The predicted octanol–water partition coefficient (Wildman–Crippen LogP) is 3.51. The molecule has 0 amide bonds. The molecule has 0 atom stereocenters. The van der Waals surface area contributed by atoms with E-state index in [1.54, 1.807) is 0 Å². The molecule has 0 radical (unpaired) electrons. The molecule has 0 aromatic heterocycles. The smallest absolute Gasteiger partial charge is 0.119 e. The molecule has 1 aromatic rings. The Kier molecular flexibility index (Phi) is 18.1. The lowest BCUT2D eigenvalue weighted by atomic mass is 10.2. The first-order valence-corrected chi connectivity index (χ1v) is 9.84. The van der Waals surface area contributed by atoms with Gasteiger partial charge in [-0.15, -0.1) is 5.92 Å². The van der Waals surface area contributed by atoms with E-state index in [2.05, 4.69) is 31.0 Å². The van der Waals surface area contributed by atoms with Gasteiger partial charge in [-0.3, -0.25) is 0 Å². The third kappa shape index (κ3) is 16.3. The van der Waals surface area contributed by atoms with Crippen molar-refractivity contribution in [2.24, 2.45) is 0 Å². The highest BCUT2D eigenvalue weighted by Gasteiger charge is 1.96. The van der Waals surface area contributed by atoms with Crippen LogP contribution in [0.15, 0.2) is 24.3 Å². The molecule has 0 heterocycles. The van der Waals surface area contributed by atoms with E-state index < -0.39 is 0 Å². The van der Waals surface area contributed by atoms with E-state index >= 15 is 0 Å². The van der Waals surface area contributed by atoms with Crippen LogP contribution >= 0.6 is 0 Å². The monoisotopic (exact) mass is 379 g/mol. The fourth-order valence-corrected chi connectivity index (χ4v) is 1.96. The molecule has 27 heavy (non-hydrogen) atoms. The fraction of sp³-hybridized carbons (Fsp3) is 0.636. The number of hydrogen-bond donors (Lipinski definition) is 1. The second kappa shape index (κ2) is 19.2. The molecule has 0 aliphatic carbocycles. The molecule has 0 unspecified atom stereocenters. The molecule has 1 aromatic carbocycles. The Morgan fingerprint density at radius 2 is 1.33 bits per heavy atom. The first-order chi connectivity index (χ1) is 13.2. The Morgan fingerprint density at radius 3 is 1.85 bits per heavy atom. The Balaban J connectivity index is 0.00000326. The summed E-state index contributed by atoms with van der Waals surface area (Å²) in [5.41, 5.74) is 0.989. The van der Waals surface area contributed by atoms with Gasteiger partial charge in [0.05, 0.1) is 39.6 Å². The summed E-state index contributed by atoms with van der Waals surface area (Å²) in [6.07, 6.45) is 0. The maximum Gasteiger partial charge on any atom is 0.119 e. The lowest BCUT2D eigenvalue weighted by Gasteiger charge is -2.09. The molecule has 5 nitrogen and oxygen atoms in total. The Bertz CT molecular complexity index is 491. The number of rotatable bonds is 14. The van der Waals surface area contributed by atoms with Crippen molar-refractivity contribution in [3.63, 3.8) is 0 Å². The van der Waals surface area contributed by atoms with Gasteiger partial charge in [0.2, 0.25) is 0 Å². The van der Waals surface area contributed by atoms with E-state index in [-0.39, 0.29) is 0 Å². The molecule has 0 bridgehead atoms. The Labute approximate surface area is 165 Å². The average molecular weight is 380 g/mol. The van der Waals surface area contributed by atoms with Crippen LogP contribution in [0.2, 0.25) is 0 Å². The molecule has 0 aliphatic heterocycles. The molecular weight excluding hydrogens is 342 g/mol. The first-order valence-electron chi connectivity index (χ1n) is 9.84. The van der Waals surface area contributed by atoms with E-state index in [1.807, 2.05) is 45.0 Å². The fourth-order valence-electron chi connectivity index (χ4n) is 1.96. The van der Waals surface area contributed by atoms with Crippen LogP contribution in [0.5, 0.6) is 5.75 Å². The molecule has 5 heteroatoms. The lowest BCUT2D eigenvalue weighted by Crippen LogP contribution is -2.27. The molecule has 0 saturated carbocycles. The molecular formula is C22H37NO4. The van der Waals surface area contributed by atoms with Gasteiger partial charge >= 0.3 is 0 Å². The lowest BCUT2D eigenvalue weighted by molar-refractivity contribution is 0.00971. The number of nitrogens with one attached hydrogen (secondary N) is 1. The van der Waals surface area contributed by atoms with Crippen LogP contribution in [0.1, 0.15) is 40.2 Å². The zero-order valence-corrected chi connectivity index (χ0v) is 17.7. The van der Waals surface area contributed by atoms with E-state index in [4.69, 9.17) is 18.9 Å². The standard InChI is InChI=1S/C20H31NO4.C2H6/c1-4-5-19-6-8-20(9-7-19)25-17-16-24-15-14-23-13-12-22-11-10-21-18(2)3;1-2/h6-9,18,21H,10-17H2,1-3H3;1-2H3. The third-order valence-corrected chi connectivity index (χ3v) is 3.16. The van der Waals surface area contributed by atoms with Crippen LogP contribution in [-0.4, -0.2) is 58.8 Å². The SMILES string of the molecule is CC.CC#Cc1ccc(OCCOCCOCCOCCNC(C)C)cc1. The van der Waals surface area contributed by atoms with E-state index in [0.717, 1.165) is 17.9 Å². The van der Waals surface area contributed by atoms with Crippen molar-refractivity contribution in [2.45, 2.75) is 40.7 Å². The van der Waals surface area contributed by atoms with Crippen molar-refractivity contribution in [1.29, 1.82) is 0 Å². The Hall–Kier alpha value is -1.58. The second-order valence-electron chi connectivity index (χ2n) is 5.69. The number of ether oxygens (including phenoxy) is 4. The summed E-state index contributed by atoms with van der Waals surface area (Å²) in [6.45, 7) is 15.0. The minimum Gasteiger partial charge on any atom is -0.491 e. The van der Waals surface area contributed by atoms with Crippen LogP contribution in [0.3, 0.4) is 0 Å². The summed E-state index contributed by atoms with van der Waals surface area (Å²) in [5, 5.41) is 3.29. The van der Waals surface area contributed by atoms with Crippen LogP contribution in [-0.2, 0) is 14.2 Å². The maximum atomic E-state index is 5.60. The normalized spacial score (nSPS) is 10.0. The largest absolute Gasteiger partial charge is 0.491 e. The van der Waals surface area contributed by atoms with Gasteiger partial charge in [-0.05, 0) is 31.2 Å². The predicted molar refractivity (Wildman–Crippen MR) is 111 cm³/mol. The van der Waals surface area contributed by atoms with Crippen LogP contribution in [0, 0.1) is 11.8 Å². The van der Waals surface area contributed by atoms with Gasteiger partial charge in [0, 0.05) is 18.2 Å². The average Bonchev–Trinajstić information content (AvgIpc) is 2.68. The van der Waals surface area contributed by atoms with Crippen molar-refractivity contribution in [1.82, 2.24) is 5.32 Å². The quantitative estimate of drug-likeness (QED) is 0.396. The summed E-state index contributed by atoms with van der Waals surface area (Å²) >= 11 is 0. The van der Waals surface area contributed by atoms with Gasteiger partial charge in [0.25, 0.3) is 0 Å². The minimum atomic E-state index is 0.496. The zero-order chi connectivity index (χ0) is 20.2. The molecule has 0 fully saturated rings. The topological polar surface area (TPSA) is 49.0 Å². The summed E-state index contributed by atoms with van der Waals surface area (Å²) in [4.78, 5) is 0. The van der Waals surface area contributed by atoms with E-state index in [0.29, 0.717) is 52.3 Å². The summed E-state index contributed by atoms with van der Waals surface area (Å²) in [6, 6.07) is 8.22. The number of benzene rings is 1. The molecule has 1 N–H and O–H groups in total. The minimum absolute atomic E-state index is 0.496. The van der Waals surface area contributed by atoms with Crippen molar-refractivity contribution in [3.05, 3.63) is 29.8 Å². The van der Waals surface area contributed by atoms with Crippen molar-refractivity contribution < 1.29 is 18.9 Å². The van der Waals surface area contributed by atoms with Gasteiger partial charge < -0.3 is 24.3 Å². The molecule has 0 spiro atoms. The van der Waals surface area contributed by atoms with E-state index in [9.17, 15) is 0 Å². The molecule has 0 aliphatic rings. The highest BCUT2D eigenvalue weighted by Crippen LogP contribution is 2.11. The van der Waals surface area contributed by atoms with Gasteiger partial charge in [-0.1, -0.05) is 33.6 Å². The summed E-state index contributed by atoms with van der Waals surface area (Å²) in [7, 11) is 0. The summed E-state index contributed by atoms with van der Waals surface area (Å²) in [5.74, 6) is 6.69. The van der Waals surface area contributed by atoms with Gasteiger partial charge in [0.1, 0.15) is 12.4 Å². The second-order valence-corrected chi connectivity index (χ2v) is 5.69. The molecule has 1 rings (SSSR count). The highest BCUT2D eigenvalue weighted by molar-refractivity contribution is 5.37. The van der Waals surface area contributed by atoms with Crippen LogP contribution < -0.4 is 10.1 Å². The third-order valence-electron chi connectivity index (χ3n) is 3.16. The molecule has 0 saturated heterocycles. The van der Waals surface area contributed by atoms with Crippen molar-refractivity contribution >= 4 is 0 Å². The number of hydrogen-bond acceptors (Lipinski definition) is 5. The van der Waals surface area contributed by atoms with Crippen molar-refractivity contribution in [3.8, 4) is 17.6 Å². The molecule has 154 valence electrons. The van der Waals surface area contributed by atoms with Gasteiger partial charge in [-0.25, -0.2) is 0 Å². The van der Waals surface area contributed by atoms with Crippen LogP contribution in [0.25, 0.3) is 0 Å². The highest BCUT2D eigenvalue weighted by atomic mass is 16.6. The van der Waals surface area contributed by atoms with Gasteiger partial charge in [0.15, 0.2) is 0 Å². The summed E-state index contributed by atoms with van der Waals surface area (Å²) < 4.78 is 21.9. The first kappa shape index (κ1) is 25.4. The van der Waals surface area contributed by atoms with Gasteiger partial charge in [-0.2, -0.15) is 0 Å². The Morgan fingerprint density at radius 1 is 0.815 bits per heavy atom. The van der Waals surface area contributed by atoms with E-state index in [1.165, 1.54) is 0 Å². The maximum absolute atomic E-state index is 5.60. The van der Waals surface area contributed by atoms with Crippen molar-refractivity contribution in [2.75, 3.05) is 52.8 Å². The zero-order valence-electron chi connectivity index (χ0n) is 17.7. The van der Waals surface area contributed by atoms with Crippen LogP contribution in [0.4, 0.5) is 0 Å².